The quantitative estimate of drug-likeness (QED) is 0.0349. The number of rotatable bonds is 42. The molecule has 0 aromatic rings. The highest BCUT2D eigenvalue weighted by atomic mass is 16.6. The van der Waals surface area contributed by atoms with E-state index in [1.165, 1.54) is 64.2 Å². The van der Waals surface area contributed by atoms with E-state index in [4.69, 9.17) is 14.2 Å². The van der Waals surface area contributed by atoms with Gasteiger partial charge in [0.25, 0.3) is 0 Å². The Labute approximate surface area is 358 Å². The fraction of sp³-hybridized carbons (Fsp3) is 0.660. The van der Waals surface area contributed by atoms with Crippen molar-refractivity contribution in [3.63, 3.8) is 0 Å². The Kier molecular flexibility index (Phi) is 45.5. The van der Waals surface area contributed by atoms with Gasteiger partial charge in [0.1, 0.15) is 6.61 Å². The molecule has 0 aliphatic carbocycles. The molecule has 0 aromatic heterocycles. The molecule has 0 saturated heterocycles. The topological polar surface area (TPSA) is 61.8 Å². The minimum absolute atomic E-state index is 0.0435. The van der Waals surface area contributed by atoms with Crippen LogP contribution >= 0.6 is 0 Å². The molecule has 58 heavy (non-hydrogen) atoms. The summed E-state index contributed by atoms with van der Waals surface area (Å²) in [6.45, 7) is 7.50. The summed E-state index contributed by atoms with van der Waals surface area (Å²) in [7, 11) is 0. The van der Waals surface area contributed by atoms with E-state index in [-0.39, 0.29) is 25.2 Å². The highest BCUT2D eigenvalue weighted by Crippen LogP contribution is 2.13. The number of unbranched alkanes of at least 4 members (excludes halogenated alkanes) is 15. The van der Waals surface area contributed by atoms with Gasteiger partial charge in [-0.2, -0.15) is 0 Å². The predicted molar refractivity (Wildman–Crippen MR) is 251 cm³/mol. The van der Waals surface area contributed by atoms with Gasteiger partial charge < -0.3 is 14.2 Å². The SMILES string of the molecule is CC/C=C\C/C=C\C/C=C\C/C=C\CCCCC(=O)OCC(COCCCCCCCCCCCCCC)OC(=O)CCCC/C=C\C/C=C\C/C=C\C/C=C\CC. The molecule has 0 aromatic carbocycles. The van der Waals surface area contributed by atoms with E-state index >= 15 is 0 Å². The Hall–Kier alpha value is -3.18. The Morgan fingerprint density at radius 2 is 0.776 bits per heavy atom. The van der Waals surface area contributed by atoms with Crippen LogP contribution in [0.2, 0.25) is 0 Å². The lowest BCUT2D eigenvalue weighted by atomic mass is 10.1. The lowest BCUT2D eigenvalue weighted by molar-refractivity contribution is -0.163. The molecular weight excluding hydrogens is 717 g/mol. The van der Waals surface area contributed by atoms with Gasteiger partial charge >= 0.3 is 11.9 Å². The summed E-state index contributed by atoms with van der Waals surface area (Å²) < 4.78 is 17.3. The third-order valence-corrected chi connectivity index (χ3v) is 9.62. The normalized spacial score (nSPS) is 13.1. The largest absolute Gasteiger partial charge is 0.462 e. The fourth-order valence-electron chi connectivity index (χ4n) is 6.14. The zero-order valence-corrected chi connectivity index (χ0v) is 37.8. The molecule has 330 valence electrons. The molecule has 0 radical (unpaired) electrons. The molecule has 5 nitrogen and oxygen atoms in total. The maximum Gasteiger partial charge on any atom is 0.306 e. The van der Waals surface area contributed by atoms with Crippen molar-refractivity contribution in [2.75, 3.05) is 19.8 Å². The molecular formula is C53H88O5. The van der Waals surface area contributed by atoms with E-state index in [9.17, 15) is 9.59 Å². The summed E-state index contributed by atoms with van der Waals surface area (Å²) >= 11 is 0. The average molecular weight is 805 g/mol. The standard InChI is InChI=1S/C53H88O5/c1-4-7-10-13-16-19-22-25-27-29-31-34-37-40-43-46-52(54)57-50-51(49-56-48-45-42-39-36-33-24-21-18-15-12-9-6-3)58-53(55)47-44-41-38-35-32-30-28-26-23-20-17-14-11-8-5-2/h7-8,10-11,16-17,19-20,25-28,31-32,34-35,51H,4-6,9,12-15,18,21-24,29-30,33,36-50H2,1-3H3/b10-7-,11-8-,19-16-,20-17-,27-25-,28-26-,34-31-,35-32-. The highest BCUT2D eigenvalue weighted by molar-refractivity contribution is 5.70. The molecule has 5 heteroatoms. The second-order valence-electron chi connectivity index (χ2n) is 15.3. The molecule has 0 aliphatic rings. The van der Waals surface area contributed by atoms with Crippen LogP contribution in [0.4, 0.5) is 0 Å². The maximum atomic E-state index is 12.7. The summed E-state index contributed by atoms with van der Waals surface area (Å²) in [5.41, 5.74) is 0. The van der Waals surface area contributed by atoms with Gasteiger partial charge in [-0.3, -0.25) is 9.59 Å². The van der Waals surface area contributed by atoms with Crippen LogP contribution in [0.25, 0.3) is 0 Å². The van der Waals surface area contributed by atoms with Gasteiger partial charge in [-0.1, -0.05) is 189 Å². The lowest BCUT2D eigenvalue weighted by Crippen LogP contribution is -2.30. The molecule has 0 saturated carbocycles. The maximum absolute atomic E-state index is 12.7. The molecule has 0 bridgehead atoms. The fourth-order valence-corrected chi connectivity index (χ4v) is 6.14. The van der Waals surface area contributed by atoms with Crippen molar-refractivity contribution in [3.8, 4) is 0 Å². The molecule has 1 atom stereocenters. The van der Waals surface area contributed by atoms with Gasteiger partial charge in [-0.15, -0.1) is 0 Å². The van der Waals surface area contributed by atoms with Crippen LogP contribution in [-0.4, -0.2) is 37.9 Å². The predicted octanol–water partition coefficient (Wildman–Crippen LogP) is 15.9. The number of ether oxygens (including phenoxy) is 3. The first kappa shape index (κ1) is 54.8. The second kappa shape index (κ2) is 48.2. The van der Waals surface area contributed by atoms with E-state index in [0.29, 0.717) is 19.4 Å². The molecule has 0 heterocycles. The summed E-state index contributed by atoms with van der Waals surface area (Å²) in [5.74, 6) is -0.497. The van der Waals surface area contributed by atoms with Gasteiger partial charge in [0.15, 0.2) is 6.10 Å². The monoisotopic (exact) mass is 805 g/mol. The smallest absolute Gasteiger partial charge is 0.306 e. The third kappa shape index (κ3) is 45.5. The van der Waals surface area contributed by atoms with Crippen molar-refractivity contribution >= 4 is 11.9 Å². The number of allylic oxidation sites excluding steroid dienone is 16. The Bertz CT molecular complexity index is 1140. The van der Waals surface area contributed by atoms with Crippen molar-refractivity contribution in [3.05, 3.63) is 97.2 Å². The molecule has 0 aliphatic heterocycles. The minimum atomic E-state index is -0.576. The summed E-state index contributed by atoms with van der Waals surface area (Å²) in [6, 6.07) is 0. The van der Waals surface area contributed by atoms with E-state index < -0.39 is 6.10 Å². The second-order valence-corrected chi connectivity index (χ2v) is 15.3. The molecule has 1 unspecified atom stereocenters. The van der Waals surface area contributed by atoms with Gasteiger partial charge in [0.2, 0.25) is 0 Å². The van der Waals surface area contributed by atoms with E-state index in [2.05, 4.69) is 118 Å². The van der Waals surface area contributed by atoms with Crippen molar-refractivity contribution in [2.24, 2.45) is 0 Å². The molecule has 0 rings (SSSR count). The summed E-state index contributed by atoms with van der Waals surface area (Å²) in [4.78, 5) is 25.3. The summed E-state index contributed by atoms with van der Waals surface area (Å²) in [5, 5.41) is 0. The zero-order chi connectivity index (χ0) is 42.1. The van der Waals surface area contributed by atoms with Gasteiger partial charge in [0, 0.05) is 19.4 Å². The van der Waals surface area contributed by atoms with Crippen LogP contribution in [0.3, 0.4) is 0 Å². The molecule has 0 fully saturated rings. The van der Waals surface area contributed by atoms with Gasteiger partial charge in [0.05, 0.1) is 6.61 Å². The third-order valence-electron chi connectivity index (χ3n) is 9.62. The number of hydrogen-bond donors (Lipinski definition) is 0. The van der Waals surface area contributed by atoms with Gasteiger partial charge in [-0.25, -0.2) is 0 Å². The average Bonchev–Trinajstić information content (AvgIpc) is 3.22. The lowest BCUT2D eigenvalue weighted by Gasteiger charge is -2.18. The molecule has 0 spiro atoms. The first-order valence-corrected chi connectivity index (χ1v) is 23.8. The van der Waals surface area contributed by atoms with Crippen molar-refractivity contribution in [2.45, 2.75) is 207 Å². The van der Waals surface area contributed by atoms with Crippen LogP contribution in [0.15, 0.2) is 97.2 Å². The van der Waals surface area contributed by atoms with Crippen molar-refractivity contribution < 1.29 is 23.8 Å². The van der Waals surface area contributed by atoms with Crippen LogP contribution in [0.1, 0.15) is 201 Å². The number of esters is 2. The Morgan fingerprint density at radius 3 is 1.21 bits per heavy atom. The first-order valence-electron chi connectivity index (χ1n) is 23.8. The van der Waals surface area contributed by atoms with E-state index in [1.54, 1.807) is 0 Å². The van der Waals surface area contributed by atoms with Crippen molar-refractivity contribution in [1.82, 2.24) is 0 Å². The van der Waals surface area contributed by atoms with E-state index in [0.717, 1.165) is 103 Å². The highest BCUT2D eigenvalue weighted by Gasteiger charge is 2.17. The Morgan fingerprint density at radius 1 is 0.397 bits per heavy atom. The summed E-state index contributed by atoms with van der Waals surface area (Å²) in [6.07, 6.45) is 64.1. The number of carbonyl (C=O) groups excluding carboxylic acids is 2. The molecule has 0 amide bonds. The van der Waals surface area contributed by atoms with Crippen molar-refractivity contribution in [1.29, 1.82) is 0 Å². The number of carbonyl (C=O) groups is 2. The van der Waals surface area contributed by atoms with Crippen LogP contribution in [-0.2, 0) is 23.8 Å². The molecule has 0 N–H and O–H groups in total. The number of hydrogen-bond acceptors (Lipinski definition) is 5. The minimum Gasteiger partial charge on any atom is -0.462 e. The zero-order valence-electron chi connectivity index (χ0n) is 37.8. The van der Waals surface area contributed by atoms with E-state index in [1.807, 2.05) is 0 Å². The van der Waals surface area contributed by atoms with Gasteiger partial charge in [-0.05, 0) is 96.3 Å². The first-order chi connectivity index (χ1) is 28.6. The Balaban J connectivity index is 4.42. The van der Waals surface area contributed by atoms with Crippen LogP contribution in [0, 0.1) is 0 Å². The van der Waals surface area contributed by atoms with Crippen LogP contribution in [0.5, 0.6) is 0 Å². The van der Waals surface area contributed by atoms with Crippen LogP contribution < -0.4 is 0 Å².